The number of rotatable bonds is 10. The minimum absolute atomic E-state index is 0.00944. The maximum Gasteiger partial charge on any atom is 0.304 e. The summed E-state index contributed by atoms with van der Waals surface area (Å²) in [7, 11) is -1.54. The van der Waals surface area contributed by atoms with Crippen molar-refractivity contribution in [2.45, 2.75) is 51.2 Å². The molecule has 3 rings (SSSR count). The number of nitrogens with zero attached hydrogens (tertiary/aromatic N) is 3. The third kappa shape index (κ3) is 6.58. The summed E-state index contributed by atoms with van der Waals surface area (Å²) >= 11 is 0. The van der Waals surface area contributed by atoms with Crippen molar-refractivity contribution in [3.8, 4) is 0 Å². The molecule has 0 spiro atoms. The highest BCUT2D eigenvalue weighted by Gasteiger charge is 2.33. The summed E-state index contributed by atoms with van der Waals surface area (Å²) in [6, 6.07) is 9.59. The first kappa shape index (κ1) is 27.5. The molecule has 1 aliphatic rings. The number of carbonyl (C=O) groups excluding carboxylic acids is 2. The average Bonchev–Trinajstić information content (AvgIpc) is 3.35. The Morgan fingerprint density at radius 3 is 2.22 bits per heavy atom. The third-order valence-electron chi connectivity index (χ3n) is 6.30. The van der Waals surface area contributed by atoms with Gasteiger partial charge in [0.15, 0.2) is 0 Å². The summed E-state index contributed by atoms with van der Waals surface area (Å²) in [5, 5.41) is 2.95. The van der Waals surface area contributed by atoms with Gasteiger partial charge >= 0.3 is 10.2 Å². The predicted octanol–water partition coefficient (Wildman–Crippen LogP) is 3.05. The van der Waals surface area contributed by atoms with E-state index in [2.05, 4.69) is 5.32 Å². The van der Waals surface area contributed by atoms with Crippen molar-refractivity contribution in [2.75, 3.05) is 24.9 Å². The molecule has 1 N–H and O–H groups in total. The normalized spacial score (nSPS) is 15.1. The van der Waals surface area contributed by atoms with Crippen LogP contribution in [-0.2, 0) is 26.3 Å². The van der Waals surface area contributed by atoms with Gasteiger partial charge in [0.1, 0.15) is 24.2 Å². The van der Waals surface area contributed by atoms with Crippen molar-refractivity contribution in [1.29, 1.82) is 0 Å². The SMILES string of the molecule is C[C@@H](C(=O)NC1CCCC1)N(Cc1ccccc1F)C(=O)CN(c1ccc(F)cc1)S(=O)(=O)N(C)C. The molecule has 2 amide bonds. The Hall–Kier alpha value is -3.05. The van der Waals surface area contributed by atoms with Crippen molar-refractivity contribution in [1.82, 2.24) is 14.5 Å². The molecular formula is C25H32F2N4O4S. The summed E-state index contributed by atoms with van der Waals surface area (Å²) in [6.07, 6.45) is 3.71. The van der Waals surface area contributed by atoms with E-state index in [0.717, 1.165) is 46.4 Å². The van der Waals surface area contributed by atoms with Crippen LogP contribution in [0.4, 0.5) is 14.5 Å². The fraction of sp³-hybridized carbons (Fsp3) is 0.440. The highest BCUT2D eigenvalue weighted by Crippen LogP contribution is 2.22. The van der Waals surface area contributed by atoms with E-state index in [1.807, 2.05) is 0 Å². The number of benzene rings is 2. The Balaban J connectivity index is 1.93. The van der Waals surface area contributed by atoms with Crippen LogP contribution in [-0.4, -0.2) is 62.2 Å². The van der Waals surface area contributed by atoms with Gasteiger partial charge in [-0.05, 0) is 50.1 Å². The second-order valence-electron chi connectivity index (χ2n) is 9.05. The molecule has 1 aliphatic carbocycles. The van der Waals surface area contributed by atoms with Crippen molar-refractivity contribution in [3.63, 3.8) is 0 Å². The number of nitrogens with one attached hydrogen (secondary N) is 1. The van der Waals surface area contributed by atoms with Crippen molar-refractivity contribution in [3.05, 3.63) is 65.7 Å². The van der Waals surface area contributed by atoms with E-state index in [1.54, 1.807) is 6.07 Å². The van der Waals surface area contributed by atoms with Crippen LogP contribution >= 0.6 is 0 Å². The minimum atomic E-state index is -4.16. The topological polar surface area (TPSA) is 90.0 Å². The Morgan fingerprint density at radius 2 is 1.64 bits per heavy atom. The Morgan fingerprint density at radius 1 is 1.03 bits per heavy atom. The molecule has 0 bridgehead atoms. The van der Waals surface area contributed by atoms with Gasteiger partial charge in [0.2, 0.25) is 11.8 Å². The maximum absolute atomic E-state index is 14.5. The van der Waals surface area contributed by atoms with Crippen LogP contribution in [0.3, 0.4) is 0 Å². The monoisotopic (exact) mass is 522 g/mol. The third-order valence-corrected chi connectivity index (χ3v) is 8.12. The van der Waals surface area contributed by atoms with E-state index in [1.165, 1.54) is 56.3 Å². The van der Waals surface area contributed by atoms with Crippen LogP contribution in [0.5, 0.6) is 0 Å². The molecule has 2 aromatic carbocycles. The number of carbonyl (C=O) groups is 2. The quantitative estimate of drug-likeness (QED) is 0.520. The van der Waals surface area contributed by atoms with Gasteiger partial charge in [-0.15, -0.1) is 0 Å². The summed E-state index contributed by atoms with van der Waals surface area (Å²) in [5.74, 6) is -2.21. The molecule has 0 unspecified atom stereocenters. The zero-order valence-electron chi connectivity index (χ0n) is 20.7. The molecule has 1 atom stereocenters. The lowest BCUT2D eigenvalue weighted by atomic mass is 10.1. The first-order valence-corrected chi connectivity index (χ1v) is 13.2. The fourth-order valence-corrected chi connectivity index (χ4v) is 5.16. The van der Waals surface area contributed by atoms with E-state index < -0.39 is 46.2 Å². The standard InChI is InChI=1S/C25H32F2N4O4S/c1-18(25(33)28-21-9-5-6-10-21)30(16-19-8-4-7-11-23(19)27)24(32)17-31(36(34,35)29(2)3)22-14-12-20(26)13-15-22/h4,7-8,11-15,18,21H,5-6,9-10,16-17H2,1-3H3,(H,28,33)/t18-/m0/s1. The summed E-state index contributed by atoms with van der Waals surface area (Å²) in [6.45, 7) is 0.636. The lowest BCUT2D eigenvalue weighted by Gasteiger charge is -2.33. The van der Waals surface area contributed by atoms with Crippen LogP contribution in [0.1, 0.15) is 38.2 Å². The van der Waals surface area contributed by atoms with Crippen LogP contribution in [0.25, 0.3) is 0 Å². The van der Waals surface area contributed by atoms with E-state index in [0.29, 0.717) is 0 Å². The first-order chi connectivity index (χ1) is 17.0. The molecule has 0 heterocycles. The van der Waals surface area contributed by atoms with Gasteiger partial charge in [0.05, 0.1) is 5.69 Å². The number of hydrogen-bond acceptors (Lipinski definition) is 4. The minimum Gasteiger partial charge on any atom is -0.352 e. The van der Waals surface area contributed by atoms with Gasteiger partial charge in [-0.3, -0.25) is 9.59 Å². The van der Waals surface area contributed by atoms with Crippen molar-refractivity contribution in [2.24, 2.45) is 0 Å². The van der Waals surface area contributed by atoms with E-state index >= 15 is 0 Å². The lowest BCUT2D eigenvalue weighted by molar-refractivity contribution is -0.139. The summed E-state index contributed by atoms with van der Waals surface area (Å²) in [4.78, 5) is 27.8. The Labute approximate surface area is 211 Å². The average molecular weight is 523 g/mol. The molecule has 1 fully saturated rings. The van der Waals surface area contributed by atoms with Crippen molar-refractivity contribution < 1.29 is 26.8 Å². The number of amides is 2. The second-order valence-corrected chi connectivity index (χ2v) is 11.1. The highest BCUT2D eigenvalue weighted by atomic mass is 32.2. The largest absolute Gasteiger partial charge is 0.352 e. The van der Waals surface area contributed by atoms with Crippen molar-refractivity contribution >= 4 is 27.7 Å². The summed E-state index contributed by atoms with van der Waals surface area (Å²) < 4.78 is 55.9. The molecule has 2 aromatic rings. The van der Waals surface area contributed by atoms with E-state index in [4.69, 9.17) is 0 Å². The maximum atomic E-state index is 14.5. The molecular weight excluding hydrogens is 490 g/mol. The molecule has 0 aliphatic heterocycles. The molecule has 1 saturated carbocycles. The van der Waals surface area contributed by atoms with Gasteiger partial charge in [-0.2, -0.15) is 12.7 Å². The van der Waals surface area contributed by atoms with Gasteiger partial charge in [0.25, 0.3) is 0 Å². The van der Waals surface area contributed by atoms with Crippen LogP contribution in [0.2, 0.25) is 0 Å². The Kier molecular flexibility index (Phi) is 9.02. The number of hydrogen-bond donors (Lipinski definition) is 1. The fourth-order valence-electron chi connectivity index (χ4n) is 4.11. The molecule has 0 saturated heterocycles. The number of anilines is 1. The van der Waals surface area contributed by atoms with Crippen LogP contribution < -0.4 is 9.62 Å². The van der Waals surface area contributed by atoms with Gasteiger partial charge in [-0.1, -0.05) is 31.0 Å². The second kappa shape index (κ2) is 11.8. The predicted molar refractivity (Wildman–Crippen MR) is 133 cm³/mol. The Bertz CT molecular complexity index is 1170. The summed E-state index contributed by atoms with van der Waals surface area (Å²) in [5.41, 5.74) is 0.266. The van der Waals surface area contributed by atoms with E-state index in [-0.39, 0.29) is 23.8 Å². The lowest BCUT2D eigenvalue weighted by Crippen LogP contribution is -2.53. The van der Waals surface area contributed by atoms with Gasteiger partial charge < -0.3 is 10.2 Å². The molecule has 11 heteroatoms. The van der Waals surface area contributed by atoms with Crippen LogP contribution in [0, 0.1) is 11.6 Å². The van der Waals surface area contributed by atoms with E-state index in [9.17, 15) is 26.8 Å². The molecule has 0 aromatic heterocycles. The smallest absolute Gasteiger partial charge is 0.304 e. The van der Waals surface area contributed by atoms with Gasteiger partial charge in [0, 0.05) is 32.2 Å². The first-order valence-electron chi connectivity index (χ1n) is 11.8. The highest BCUT2D eigenvalue weighted by molar-refractivity contribution is 7.90. The molecule has 36 heavy (non-hydrogen) atoms. The number of halogens is 2. The molecule has 196 valence electrons. The molecule has 8 nitrogen and oxygen atoms in total. The molecule has 0 radical (unpaired) electrons. The zero-order chi connectivity index (χ0) is 26.5. The van der Waals surface area contributed by atoms with Crippen LogP contribution in [0.15, 0.2) is 48.5 Å². The zero-order valence-corrected chi connectivity index (χ0v) is 21.5. The van der Waals surface area contributed by atoms with Gasteiger partial charge in [-0.25, -0.2) is 13.1 Å².